The number of pyridine rings is 1. The van der Waals surface area contributed by atoms with Crippen LogP contribution in [-0.4, -0.2) is 22.8 Å². The Hall–Kier alpha value is -2.11. The molecular formula is C16H13Cl2N3O2. The third-order valence-electron chi connectivity index (χ3n) is 3.33. The van der Waals surface area contributed by atoms with Gasteiger partial charge in [0.1, 0.15) is 11.4 Å². The van der Waals surface area contributed by atoms with E-state index in [2.05, 4.69) is 15.6 Å². The van der Waals surface area contributed by atoms with Crippen molar-refractivity contribution in [3.05, 3.63) is 57.8 Å². The van der Waals surface area contributed by atoms with Crippen LogP contribution in [0.1, 0.15) is 33.8 Å². The van der Waals surface area contributed by atoms with Crippen LogP contribution in [0.15, 0.2) is 36.4 Å². The summed E-state index contributed by atoms with van der Waals surface area (Å²) in [5.41, 5.74) is 0.727. The minimum absolute atomic E-state index is 0.129. The number of carbonyl (C=O) groups excluding carboxylic acids is 2. The van der Waals surface area contributed by atoms with E-state index in [1.54, 1.807) is 30.3 Å². The standard InChI is InChI=1S/C16H13Cl2N3O2/c17-10-3-1-4-11(14(10)18)21-16(23)13-6-2-5-12(20-13)15(22)19-9-7-8-9/h1-6,9H,7-8H2,(H,19,22)(H,21,23). The molecule has 1 aromatic carbocycles. The highest BCUT2D eigenvalue weighted by Crippen LogP contribution is 2.29. The first-order valence-corrected chi connectivity index (χ1v) is 7.83. The molecule has 1 aliphatic rings. The Morgan fingerprint density at radius 2 is 1.65 bits per heavy atom. The Kier molecular flexibility index (Phi) is 4.50. The van der Waals surface area contributed by atoms with Gasteiger partial charge < -0.3 is 10.6 Å². The average Bonchev–Trinajstić information content (AvgIpc) is 3.36. The Labute approximate surface area is 143 Å². The molecule has 0 bridgehead atoms. The molecule has 0 aliphatic heterocycles. The van der Waals surface area contributed by atoms with Crippen molar-refractivity contribution < 1.29 is 9.59 Å². The number of amides is 2. The molecule has 0 saturated heterocycles. The first kappa shape index (κ1) is 15.8. The van der Waals surface area contributed by atoms with E-state index in [-0.39, 0.29) is 28.4 Å². The van der Waals surface area contributed by atoms with E-state index in [9.17, 15) is 9.59 Å². The lowest BCUT2D eigenvalue weighted by Gasteiger charge is -2.08. The second-order valence-corrected chi connectivity index (χ2v) is 6.00. The Morgan fingerprint density at radius 3 is 2.35 bits per heavy atom. The van der Waals surface area contributed by atoms with E-state index < -0.39 is 5.91 Å². The lowest BCUT2D eigenvalue weighted by molar-refractivity contribution is 0.0946. The second-order valence-electron chi connectivity index (χ2n) is 5.21. The molecule has 23 heavy (non-hydrogen) atoms. The summed E-state index contributed by atoms with van der Waals surface area (Å²) in [5, 5.41) is 6.07. The third-order valence-corrected chi connectivity index (χ3v) is 4.15. The molecule has 1 heterocycles. The number of hydrogen-bond acceptors (Lipinski definition) is 3. The third kappa shape index (κ3) is 3.81. The van der Waals surface area contributed by atoms with Crippen LogP contribution in [0.4, 0.5) is 5.69 Å². The van der Waals surface area contributed by atoms with Crippen molar-refractivity contribution in [3.63, 3.8) is 0 Å². The molecule has 0 unspecified atom stereocenters. The van der Waals surface area contributed by atoms with Crippen molar-refractivity contribution in [1.29, 1.82) is 0 Å². The molecule has 0 spiro atoms. The first-order valence-electron chi connectivity index (χ1n) is 7.08. The van der Waals surface area contributed by atoms with Crippen molar-refractivity contribution in [2.75, 3.05) is 5.32 Å². The predicted molar refractivity (Wildman–Crippen MR) is 89.1 cm³/mol. The average molecular weight is 350 g/mol. The van der Waals surface area contributed by atoms with Gasteiger partial charge in [-0.3, -0.25) is 9.59 Å². The number of nitrogens with one attached hydrogen (secondary N) is 2. The van der Waals surface area contributed by atoms with Gasteiger partial charge in [-0.2, -0.15) is 0 Å². The smallest absolute Gasteiger partial charge is 0.274 e. The predicted octanol–water partition coefficient (Wildman–Crippen LogP) is 3.53. The number of benzene rings is 1. The lowest BCUT2D eigenvalue weighted by atomic mass is 10.2. The first-order chi connectivity index (χ1) is 11.0. The monoisotopic (exact) mass is 349 g/mol. The largest absolute Gasteiger partial charge is 0.348 e. The summed E-state index contributed by atoms with van der Waals surface area (Å²) in [6, 6.07) is 9.88. The van der Waals surface area contributed by atoms with Gasteiger partial charge in [-0.25, -0.2) is 4.98 Å². The SMILES string of the molecule is O=C(Nc1cccc(Cl)c1Cl)c1cccc(C(=O)NC2CC2)n1. The molecule has 0 atom stereocenters. The molecule has 0 radical (unpaired) electrons. The van der Waals surface area contributed by atoms with Crippen LogP contribution in [0.3, 0.4) is 0 Å². The van der Waals surface area contributed by atoms with Crippen LogP contribution >= 0.6 is 23.2 Å². The molecule has 118 valence electrons. The van der Waals surface area contributed by atoms with E-state index in [0.717, 1.165) is 12.8 Å². The molecule has 3 rings (SSSR count). The highest BCUT2D eigenvalue weighted by Gasteiger charge is 2.24. The maximum Gasteiger partial charge on any atom is 0.274 e. The number of halogens is 2. The number of anilines is 1. The highest BCUT2D eigenvalue weighted by molar-refractivity contribution is 6.44. The van der Waals surface area contributed by atoms with E-state index in [1.165, 1.54) is 6.07 Å². The van der Waals surface area contributed by atoms with E-state index >= 15 is 0 Å². The zero-order chi connectivity index (χ0) is 16.4. The molecule has 2 aromatic rings. The zero-order valence-corrected chi connectivity index (χ0v) is 13.5. The van der Waals surface area contributed by atoms with Crippen molar-refractivity contribution in [3.8, 4) is 0 Å². The summed E-state index contributed by atoms with van der Waals surface area (Å²) < 4.78 is 0. The van der Waals surface area contributed by atoms with Crippen LogP contribution in [0.25, 0.3) is 0 Å². The molecule has 1 aliphatic carbocycles. The van der Waals surface area contributed by atoms with Crippen LogP contribution in [-0.2, 0) is 0 Å². The van der Waals surface area contributed by atoms with E-state index in [4.69, 9.17) is 23.2 Å². The van der Waals surface area contributed by atoms with E-state index in [0.29, 0.717) is 10.7 Å². The fourth-order valence-corrected chi connectivity index (χ4v) is 2.31. The molecule has 2 amide bonds. The fourth-order valence-electron chi connectivity index (χ4n) is 1.96. The summed E-state index contributed by atoms with van der Waals surface area (Å²) in [6.45, 7) is 0. The minimum atomic E-state index is -0.463. The Morgan fingerprint density at radius 1 is 1.00 bits per heavy atom. The van der Waals surface area contributed by atoms with Crippen LogP contribution in [0.2, 0.25) is 10.0 Å². The Balaban J connectivity index is 1.76. The maximum absolute atomic E-state index is 12.3. The number of hydrogen-bond donors (Lipinski definition) is 2. The number of rotatable bonds is 4. The molecule has 1 aromatic heterocycles. The summed E-state index contributed by atoms with van der Waals surface area (Å²) in [5.74, 6) is -0.738. The quantitative estimate of drug-likeness (QED) is 0.886. The van der Waals surface area contributed by atoms with Crippen molar-refractivity contribution >= 4 is 40.7 Å². The molecule has 7 heteroatoms. The molecule has 1 saturated carbocycles. The maximum atomic E-state index is 12.3. The highest BCUT2D eigenvalue weighted by atomic mass is 35.5. The van der Waals surface area contributed by atoms with Gasteiger partial charge in [0.15, 0.2) is 0 Å². The summed E-state index contributed by atoms with van der Waals surface area (Å²) in [7, 11) is 0. The van der Waals surface area contributed by atoms with Gasteiger partial charge in [-0.1, -0.05) is 35.3 Å². The zero-order valence-electron chi connectivity index (χ0n) is 12.0. The molecule has 1 fully saturated rings. The van der Waals surface area contributed by atoms with Crippen molar-refractivity contribution in [2.24, 2.45) is 0 Å². The molecule has 2 N–H and O–H groups in total. The number of aromatic nitrogens is 1. The summed E-state index contributed by atoms with van der Waals surface area (Å²) >= 11 is 12.0. The Bertz CT molecular complexity index is 776. The lowest BCUT2D eigenvalue weighted by Crippen LogP contribution is -2.27. The van der Waals surface area contributed by atoms with Crippen LogP contribution < -0.4 is 10.6 Å². The van der Waals surface area contributed by atoms with Crippen LogP contribution in [0, 0.1) is 0 Å². The molecule has 5 nitrogen and oxygen atoms in total. The van der Waals surface area contributed by atoms with Gasteiger partial charge in [0.05, 0.1) is 15.7 Å². The topological polar surface area (TPSA) is 71.1 Å². The minimum Gasteiger partial charge on any atom is -0.348 e. The van der Waals surface area contributed by atoms with Gasteiger partial charge in [-0.15, -0.1) is 0 Å². The van der Waals surface area contributed by atoms with Gasteiger partial charge in [0.25, 0.3) is 11.8 Å². The van der Waals surface area contributed by atoms with Crippen molar-refractivity contribution in [1.82, 2.24) is 10.3 Å². The van der Waals surface area contributed by atoms with E-state index in [1.807, 2.05) is 0 Å². The van der Waals surface area contributed by atoms with Gasteiger partial charge in [0, 0.05) is 6.04 Å². The fraction of sp³-hybridized carbons (Fsp3) is 0.188. The van der Waals surface area contributed by atoms with Crippen molar-refractivity contribution in [2.45, 2.75) is 18.9 Å². The molecular weight excluding hydrogens is 337 g/mol. The normalized spacial score (nSPS) is 13.5. The number of nitrogens with zero attached hydrogens (tertiary/aromatic N) is 1. The van der Waals surface area contributed by atoms with Crippen LogP contribution in [0.5, 0.6) is 0 Å². The van der Waals surface area contributed by atoms with Gasteiger partial charge >= 0.3 is 0 Å². The summed E-state index contributed by atoms with van der Waals surface area (Å²) in [6.07, 6.45) is 1.97. The number of carbonyl (C=O) groups is 2. The van der Waals surface area contributed by atoms with Gasteiger partial charge in [0.2, 0.25) is 0 Å². The summed E-state index contributed by atoms with van der Waals surface area (Å²) in [4.78, 5) is 28.4. The second kappa shape index (κ2) is 6.56. The van der Waals surface area contributed by atoms with Gasteiger partial charge in [-0.05, 0) is 37.1 Å².